The zero-order valence-electron chi connectivity index (χ0n) is 13.4. The molecule has 4 nitrogen and oxygen atoms in total. The predicted molar refractivity (Wildman–Crippen MR) is 97.8 cm³/mol. The molecule has 0 saturated heterocycles. The average Bonchev–Trinajstić information content (AvgIpc) is 3.11. The highest BCUT2D eigenvalue weighted by Crippen LogP contribution is 2.27. The molecule has 0 fully saturated rings. The molecule has 2 aromatic carbocycles. The Morgan fingerprint density at radius 1 is 1.15 bits per heavy atom. The first-order chi connectivity index (χ1) is 12.6. The van der Waals surface area contributed by atoms with Crippen LogP contribution in [0.2, 0.25) is 5.02 Å². The summed E-state index contributed by atoms with van der Waals surface area (Å²) in [4.78, 5) is 12.2. The number of carbonyl (C=O) groups is 1. The van der Waals surface area contributed by atoms with Crippen molar-refractivity contribution in [3.8, 4) is 17.4 Å². The van der Waals surface area contributed by atoms with Gasteiger partial charge in [0.1, 0.15) is 29.0 Å². The highest BCUT2D eigenvalue weighted by atomic mass is 35.5. The van der Waals surface area contributed by atoms with Gasteiger partial charge in [-0.2, -0.15) is 5.26 Å². The average molecular weight is 367 g/mol. The summed E-state index contributed by atoms with van der Waals surface area (Å²) >= 11 is 5.77. The van der Waals surface area contributed by atoms with Gasteiger partial charge in [0.25, 0.3) is 5.91 Å². The Balaban J connectivity index is 1.82. The van der Waals surface area contributed by atoms with Crippen molar-refractivity contribution in [1.29, 1.82) is 5.26 Å². The molecular weight excluding hydrogens is 355 g/mol. The number of nitrogens with zero attached hydrogens (tertiary/aromatic N) is 1. The van der Waals surface area contributed by atoms with Gasteiger partial charge in [0.05, 0.1) is 5.02 Å². The van der Waals surface area contributed by atoms with Gasteiger partial charge in [-0.3, -0.25) is 4.79 Å². The first kappa shape index (κ1) is 17.5. The van der Waals surface area contributed by atoms with Gasteiger partial charge in [0, 0.05) is 17.3 Å². The lowest BCUT2D eigenvalue weighted by Gasteiger charge is -2.03. The van der Waals surface area contributed by atoms with Crippen LogP contribution in [0.5, 0.6) is 0 Å². The number of nitriles is 1. The Kier molecular flexibility index (Phi) is 5.16. The van der Waals surface area contributed by atoms with Crippen molar-refractivity contribution < 1.29 is 13.6 Å². The summed E-state index contributed by atoms with van der Waals surface area (Å²) in [6, 6.07) is 18.1. The number of anilines is 1. The van der Waals surface area contributed by atoms with Gasteiger partial charge in [-0.05, 0) is 42.5 Å². The number of hydrogen-bond donors (Lipinski definition) is 1. The van der Waals surface area contributed by atoms with Crippen molar-refractivity contribution in [2.24, 2.45) is 0 Å². The molecule has 1 heterocycles. The first-order valence-electron chi connectivity index (χ1n) is 7.60. The monoisotopic (exact) mass is 366 g/mol. The molecule has 0 unspecified atom stereocenters. The van der Waals surface area contributed by atoms with E-state index in [-0.39, 0.29) is 10.6 Å². The van der Waals surface area contributed by atoms with E-state index < -0.39 is 11.7 Å². The Morgan fingerprint density at radius 3 is 2.62 bits per heavy atom. The van der Waals surface area contributed by atoms with Crippen LogP contribution in [0.4, 0.5) is 10.1 Å². The largest absolute Gasteiger partial charge is 0.457 e. The zero-order valence-corrected chi connectivity index (χ0v) is 14.1. The SMILES string of the molecule is N#C/C(=C\c1ccc(-c2ccc(F)c(Cl)c2)o1)C(=O)Nc1ccccc1. The van der Waals surface area contributed by atoms with E-state index in [1.165, 1.54) is 24.3 Å². The van der Waals surface area contributed by atoms with Crippen molar-refractivity contribution in [2.45, 2.75) is 0 Å². The third-order valence-electron chi connectivity index (χ3n) is 3.51. The van der Waals surface area contributed by atoms with Crippen LogP contribution in [-0.4, -0.2) is 5.91 Å². The quantitative estimate of drug-likeness (QED) is 0.504. The number of rotatable bonds is 4. The second-order valence-electron chi connectivity index (χ2n) is 5.32. The normalized spacial score (nSPS) is 11.0. The number of amides is 1. The van der Waals surface area contributed by atoms with E-state index in [0.29, 0.717) is 22.8 Å². The lowest BCUT2D eigenvalue weighted by Crippen LogP contribution is -2.13. The van der Waals surface area contributed by atoms with E-state index in [0.717, 1.165) is 0 Å². The minimum Gasteiger partial charge on any atom is -0.457 e. The number of furan rings is 1. The fourth-order valence-electron chi connectivity index (χ4n) is 2.25. The number of benzene rings is 2. The number of halogens is 2. The maximum absolute atomic E-state index is 13.3. The summed E-state index contributed by atoms with van der Waals surface area (Å²) in [5, 5.41) is 11.9. The summed E-state index contributed by atoms with van der Waals surface area (Å²) < 4.78 is 18.9. The fraction of sp³-hybridized carbons (Fsp3) is 0. The highest BCUT2D eigenvalue weighted by Gasteiger charge is 2.12. The van der Waals surface area contributed by atoms with E-state index in [1.54, 1.807) is 36.4 Å². The van der Waals surface area contributed by atoms with Crippen LogP contribution < -0.4 is 5.32 Å². The Morgan fingerprint density at radius 2 is 1.92 bits per heavy atom. The van der Waals surface area contributed by atoms with Gasteiger partial charge in [-0.15, -0.1) is 0 Å². The predicted octanol–water partition coefficient (Wildman–Crippen LogP) is 5.28. The molecule has 128 valence electrons. The van der Waals surface area contributed by atoms with Crippen molar-refractivity contribution in [2.75, 3.05) is 5.32 Å². The number of nitrogens with one attached hydrogen (secondary N) is 1. The molecule has 0 spiro atoms. The molecule has 0 bridgehead atoms. The van der Waals surface area contributed by atoms with Gasteiger partial charge >= 0.3 is 0 Å². The summed E-state index contributed by atoms with van der Waals surface area (Å²) in [7, 11) is 0. The maximum Gasteiger partial charge on any atom is 0.266 e. The molecule has 0 radical (unpaired) electrons. The van der Waals surface area contributed by atoms with Crippen molar-refractivity contribution in [3.05, 3.63) is 82.8 Å². The van der Waals surface area contributed by atoms with Gasteiger partial charge < -0.3 is 9.73 Å². The van der Waals surface area contributed by atoms with E-state index in [1.807, 2.05) is 12.1 Å². The maximum atomic E-state index is 13.3. The molecule has 3 aromatic rings. The molecule has 0 saturated carbocycles. The third kappa shape index (κ3) is 4.00. The molecular formula is C20H12ClFN2O2. The van der Waals surface area contributed by atoms with Gasteiger partial charge in [-0.25, -0.2) is 4.39 Å². The summed E-state index contributed by atoms with van der Waals surface area (Å²) in [6.07, 6.45) is 1.34. The molecule has 0 aliphatic carbocycles. The molecule has 0 aliphatic rings. The van der Waals surface area contributed by atoms with Crippen LogP contribution in [0.1, 0.15) is 5.76 Å². The zero-order chi connectivity index (χ0) is 18.5. The minimum atomic E-state index is -0.540. The van der Waals surface area contributed by atoms with Crippen LogP contribution in [0.3, 0.4) is 0 Å². The smallest absolute Gasteiger partial charge is 0.266 e. The lowest BCUT2D eigenvalue weighted by atomic mass is 10.2. The fourth-order valence-corrected chi connectivity index (χ4v) is 2.43. The van der Waals surface area contributed by atoms with Crippen molar-refractivity contribution in [3.63, 3.8) is 0 Å². The second kappa shape index (κ2) is 7.68. The topological polar surface area (TPSA) is 66.0 Å². The minimum absolute atomic E-state index is 0.0176. The molecule has 3 rings (SSSR count). The molecule has 0 atom stereocenters. The van der Waals surface area contributed by atoms with Crippen LogP contribution in [-0.2, 0) is 4.79 Å². The van der Waals surface area contributed by atoms with E-state index in [9.17, 15) is 14.4 Å². The number of carbonyl (C=O) groups excluding carboxylic acids is 1. The first-order valence-corrected chi connectivity index (χ1v) is 7.98. The lowest BCUT2D eigenvalue weighted by molar-refractivity contribution is -0.112. The molecule has 6 heteroatoms. The third-order valence-corrected chi connectivity index (χ3v) is 3.80. The number of hydrogen-bond acceptors (Lipinski definition) is 3. The van der Waals surface area contributed by atoms with Gasteiger partial charge in [0.15, 0.2) is 0 Å². The van der Waals surface area contributed by atoms with Crippen molar-refractivity contribution in [1.82, 2.24) is 0 Å². The van der Waals surface area contributed by atoms with Crippen LogP contribution in [0.25, 0.3) is 17.4 Å². The van der Waals surface area contributed by atoms with Crippen molar-refractivity contribution >= 4 is 29.3 Å². The molecule has 0 aliphatic heterocycles. The Labute approximate surface area is 154 Å². The summed E-state index contributed by atoms with van der Waals surface area (Å²) in [5.41, 5.74) is 1.06. The molecule has 1 N–H and O–H groups in total. The van der Waals surface area contributed by atoms with E-state index in [2.05, 4.69) is 5.32 Å². The van der Waals surface area contributed by atoms with Crippen LogP contribution in [0, 0.1) is 17.1 Å². The van der Waals surface area contributed by atoms with Gasteiger partial charge in [0.2, 0.25) is 0 Å². The Hall–Kier alpha value is -3.36. The van der Waals surface area contributed by atoms with Crippen LogP contribution >= 0.6 is 11.6 Å². The number of para-hydroxylation sites is 1. The standard InChI is InChI=1S/C20H12ClFN2O2/c21-17-11-13(6-8-18(17)22)19-9-7-16(26-19)10-14(12-23)20(25)24-15-4-2-1-3-5-15/h1-11H,(H,24,25)/b14-10+. The second-order valence-corrected chi connectivity index (χ2v) is 5.73. The Bertz CT molecular complexity index is 1020. The van der Waals surface area contributed by atoms with E-state index >= 15 is 0 Å². The van der Waals surface area contributed by atoms with Gasteiger partial charge in [-0.1, -0.05) is 29.8 Å². The van der Waals surface area contributed by atoms with E-state index in [4.69, 9.17) is 16.0 Å². The summed E-state index contributed by atoms with van der Waals surface area (Å²) in [5.74, 6) is -0.299. The molecule has 26 heavy (non-hydrogen) atoms. The molecule has 1 aromatic heterocycles. The highest BCUT2D eigenvalue weighted by molar-refractivity contribution is 6.31. The summed E-state index contributed by atoms with van der Waals surface area (Å²) in [6.45, 7) is 0. The van der Waals surface area contributed by atoms with Crippen LogP contribution in [0.15, 0.2) is 70.7 Å². The molecule has 1 amide bonds.